The first-order valence-corrected chi connectivity index (χ1v) is 7.68. The molecule has 1 aromatic carbocycles. The monoisotopic (exact) mass is 287 g/mol. The highest BCUT2D eigenvalue weighted by atomic mass is 16.5. The van der Waals surface area contributed by atoms with Gasteiger partial charge >= 0.3 is 5.97 Å². The molecule has 0 bridgehead atoms. The topological polar surface area (TPSA) is 29.5 Å². The summed E-state index contributed by atoms with van der Waals surface area (Å²) in [5.41, 5.74) is 1.23. The summed E-state index contributed by atoms with van der Waals surface area (Å²) in [6.45, 7) is 6.40. The number of methoxy groups -OCH3 is 1. The average Bonchev–Trinajstić information content (AvgIpc) is 2.54. The first-order valence-electron chi connectivity index (χ1n) is 7.68. The molecule has 1 aliphatic heterocycles. The standard InChI is InChI=1S/C18H25NO2/c1-5-16-12-11-13(2)17(18(20)21-4)19(16)14(3)15-9-7-6-8-10-15/h6-14,16-17H,5H2,1-4H3/t13?,14-,16?,17+/m0/s1. The van der Waals surface area contributed by atoms with Crippen LogP contribution >= 0.6 is 0 Å². The maximum absolute atomic E-state index is 12.3. The Morgan fingerprint density at radius 3 is 2.52 bits per heavy atom. The molecule has 0 spiro atoms. The molecule has 3 heteroatoms. The molecular formula is C18H25NO2. The fourth-order valence-electron chi connectivity index (χ4n) is 3.22. The normalized spacial score (nSPS) is 27.3. The summed E-state index contributed by atoms with van der Waals surface area (Å²) in [4.78, 5) is 14.6. The zero-order chi connectivity index (χ0) is 15.4. The zero-order valence-electron chi connectivity index (χ0n) is 13.3. The van der Waals surface area contributed by atoms with Crippen LogP contribution < -0.4 is 0 Å². The highest BCUT2D eigenvalue weighted by Crippen LogP contribution is 2.33. The van der Waals surface area contributed by atoms with Crippen LogP contribution in [0.1, 0.15) is 38.8 Å². The van der Waals surface area contributed by atoms with Crippen molar-refractivity contribution in [2.24, 2.45) is 5.92 Å². The number of esters is 1. The maximum Gasteiger partial charge on any atom is 0.323 e. The SMILES string of the molecule is CCC1C=CC(C)[C@H](C(=O)OC)N1[C@@H](C)c1ccccc1. The highest BCUT2D eigenvalue weighted by molar-refractivity contribution is 5.76. The Morgan fingerprint density at radius 1 is 1.29 bits per heavy atom. The molecule has 1 heterocycles. The fraction of sp³-hybridized carbons (Fsp3) is 0.500. The van der Waals surface area contributed by atoms with E-state index in [1.54, 1.807) is 0 Å². The van der Waals surface area contributed by atoms with Crippen LogP contribution in [0.15, 0.2) is 42.5 Å². The molecule has 2 unspecified atom stereocenters. The van der Waals surface area contributed by atoms with E-state index in [9.17, 15) is 4.79 Å². The Hall–Kier alpha value is -1.61. The van der Waals surface area contributed by atoms with Gasteiger partial charge in [-0.2, -0.15) is 0 Å². The Bertz CT molecular complexity index is 497. The molecule has 4 atom stereocenters. The van der Waals surface area contributed by atoms with Crippen molar-refractivity contribution in [1.82, 2.24) is 4.90 Å². The summed E-state index contributed by atoms with van der Waals surface area (Å²) in [6.07, 6.45) is 5.35. The number of hydrogen-bond donors (Lipinski definition) is 0. The van der Waals surface area contributed by atoms with E-state index in [-0.39, 0.29) is 30.0 Å². The molecule has 1 aliphatic rings. The van der Waals surface area contributed by atoms with Crippen molar-refractivity contribution in [1.29, 1.82) is 0 Å². The second-order valence-electron chi connectivity index (χ2n) is 5.72. The van der Waals surface area contributed by atoms with Crippen molar-refractivity contribution in [3.63, 3.8) is 0 Å². The first-order chi connectivity index (χ1) is 10.1. The van der Waals surface area contributed by atoms with Crippen LogP contribution in [0.3, 0.4) is 0 Å². The van der Waals surface area contributed by atoms with Crippen LogP contribution in [-0.2, 0) is 9.53 Å². The van der Waals surface area contributed by atoms with Gasteiger partial charge in [0.2, 0.25) is 0 Å². The molecule has 0 N–H and O–H groups in total. The zero-order valence-corrected chi connectivity index (χ0v) is 13.3. The van der Waals surface area contributed by atoms with E-state index in [1.807, 2.05) is 18.2 Å². The Labute approximate surface area is 127 Å². The lowest BCUT2D eigenvalue weighted by Crippen LogP contribution is -2.53. The third-order valence-electron chi connectivity index (χ3n) is 4.43. The van der Waals surface area contributed by atoms with E-state index in [0.717, 1.165) is 6.42 Å². The minimum Gasteiger partial charge on any atom is -0.468 e. The molecule has 1 aromatic rings. The molecular weight excluding hydrogens is 262 g/mol. The Balaban J connectivity index is 2.38. The van der Waals surface area contributed by atoms with Crippen LogP contribution in [0.5, 0.6) is 0 Å². The van der Waals surface area contributed by atoms with Crippen LogP contribution in [0.25, 0.3) is 0 Å². The molecule has 0 radical (unpaired) electrons. The van der Waals surface area contributed by atoms with Crippen LogP contribution in [0.4, 0.5) is 0 Å². The van der Waals surface area contributed by atoms with Gasteiger partial charge in [-0.25, -0.2) is 0 Å². The molecule has 2 rings (SSSR count). The van der Waals surface area contributed by atoms with Gasteiger partial charge in [-0.3, -0.25) is 9.69 Å². The Morgan fingerprint density at radius 2 is 1.95 bits per heavy atom. The van der Waals surface area contributed by atoms with E-state index in [0.29, 0.717) is 0 Å². The van der Waals surface area contributed by atoms with Crippen molar-refractivity contribution < 1.29 is 9.53 Å². The summed E-state index contributed by atoms with van der Waals surface area (Å²) in [6, 6.07) is 10.6. The van der Waals surface area contributed by atoms with Gasteiger partial charge in [0.25, 0.3) is 0 Å². The van der Waals surface area contributed by atoms with E-state index >= 15 is 0 Å². The molecule has 0 fully saturated rings. The quantitative estimate of drug-likeness (QED) is 0.626. The van der Waals surface area contributed by atoms with E-state index < -0.39 is 0 Å². The number of carbonyl (C=O) groups is 1. The smallest absolute Gasteiger partial charge is 0.323 e. The molecule has 114 valence electrons. The Kier molecular flexibility index (Phi) is 5.18. The summed E-state index contributed by atoms with van der Waals surface area (Å²) in [5, 5.41) is 0. The molecule has 0 saturated carbocycles. The highest BCUT2D eigenvalue weighted by Gasteiger charge is 2.39. The molecule has 0 saturated heterocycles. The fourth-order valence-corrected chi connectivity index (χ4v) is 3.22. The summed E-state index contributed by atoms with van der Waals surface area (Å²) >= 11 is 0. The number of carbonyl (C=O) groups excluding carboxylic acids is 1. The minimum atomic E-state index is -0.222. The molecule has 0 aliphatic carbocycles. The van der Waals surface area contributed by atoms with Gasteiger partial charge in [-0.05, 0) is 18.9 Å². The summed E-state index contributed by atoms with van der Waals surface area (Å²) in [5.74, 6) is 0.0134. The van der Waals surface area contributed by atoms with Crippen molar-refractivity contribution >= 4 is 5.97 Å². The van der Waals surface area contributed by atoms with Crippen LogP contribution in [-0.4, -0.2) is 30.1 Å². The maximum atomic E-state index is 12.3. The number of ether oxygens (including phenoxy) is 1. The van der Waals surface area contributed by atoms with Crippen LogP contribution in [0, 0.1) is 5.92 Å². The lowest BCUT2D eigenvalue weighted by atomic mass is 9.89. The largest absolute Gasteiger partial charge is 0.468 e. The molecule has 0 aromatic heterocycles. The van der Waals surface area contributed by atoms with Gasteiger partial charge in [0.05, 0.1) is 7.11 Å². The number of benzene rings is 1. The van der Waals surface area contributed by atoms with Crippen molar-refractivity contribution in [2.45, 2.75) is 45.3 Å². The number of rotatable bonds is 4. The van der Waals surface area contributed by atoms with Gasteiger partial charge in [-0.1, -0.05) is 56.3 Å². The van der Waals surface area contributed by atoms with Crippen molar-refractivity contribution in [3.8, 4) is 0 Å². The van der Waals surface area contributed by atoms with Gasteiger partial charge in [0.1, 0.15) is 6.04 Å². The second kappa shape index (κ2) is 6.90. The number of hydrogen-bond acceptors (Lipinski definition) is 3. The predicted molar refractivity (Wildman–Crippen MR) is 84.9 cm³/mol. The minimum absolute atomic E-state index is 0.145. The summed E-state index contributed by atoms with van der Waals surface area (Å²) < 4.78 is 5.05. The molecule has 21 heavy (non-hydrogen) atoms. The second-order valence-corrected chi connectivity index (χ2v) is 5.72. The lowest BCUT2D eigenvalue weighted by molar-refractivity contribution is -0.151. The van der Waals surface area contributed by atoms with Crippen molar-refractivity contribution in [2.75, 3.05) is 7.11 Å². The van der Waals surface area contributed by atoms with Gasteiger partial charge < -0.3 is 4.74 Å². The molecule has 3 nitrogen and oxygen atoms in total. The van der Waals surface area contributed by atoms with E-state index in [4.69, 9.17) is 4.74 Å². The third-order valence-corrected chi connectivity index (χ3v) is 4.43. The van der Waals surface area contributed by atoms with E-state index in [2.05, 4.69) is 50.0 Å². The van der Waals surface area contributed by atoms with Crippen LogP contribution in [0.2, 0.25) is 0 Å². The third kappa shape index (κ3) is 3.18. The van der Waals surface area contributed by atoms with Gasteiger partial charge in [0, 0.05) is 18.0 Å². The van der Waals surface area contributed by atoms with Gasteiger partial charge in [0.15, 0.2) is 0 Å². The van der Waals surface area contributed by atoms with Gasteiger partial charge in [-0.15, -0.1) is 0 Å². The predicted octanol–water partition coefficient (Wildman–Crippen LogP) is 3.58. The van der Waals surface area contributed by atoms with Crippen molar-refractivity contribution in [3.05, 3.63) is 48.0 Å². The van der Waals surface area contributed by atoms with E-state index in [1.165, 1.54) is 12.7 Å². The average molecular weight is 287 g/mol. The first kappa shape index (κ1) is 15.8. The number of nitrogens with zero attached hydrogens (tertiary/aromatic N) is 1. The molecule has 0 amide bonds. The summed E-state index contributed by atoms with van der Waals surface area (Å²) in [7, 11) is 1.47. The lowest BCUT2D eigenvalue weighted by Gasteiger charge is -2.44.